The summed E-state index contributed by atoms with van der Waals surface area (Å²) in [6, 6.07) is 10.1. The first kappa shape index (κ1) is 14.6. The van der Waals surface area contributed by atoms with Gasteiger partial charge in [-0.15, -0.1) is 0 Å². The first-order valence-electron chi connectivity index (χ1n) is 7.51. The van der Waals surface area contributed by atoms with E-state index in [-0.39, 0.29) is 5.91 Å². The molecule has 1 unspecified atom stereocenters. The minimum Gasteiger partial charge on any atom is -0.363 e. The maximum atomic E-state index is 12.1. The third-order valence-corrected chi connectivity index (χ3v) is 3.80. The molecule has 108 valence electrons. The fraction of sp³-hybridized carbons (Fsp3) is 0.471. The summed E-state index contributed by atoms with van der Waals surface area (Å²) in [6.07, 6.45) is 7.88. The number of hydrogen-bond donors (Lipinski definition) is 1. The maximum absolute atomic E-state index is 12.1. The van der Waals surface area contributed by atoms with E-state index >= 15 is 0 Å². The quantitative estimate of drug-likeness (QED) is 0.807. The van der Waals surface area contributed by atoms with E-state index in [0.717, 1.165) is 31.6 Å². The van der Waals surface area contributed by atoms with Crippen LogP contribution in [0, 0.1) is 5.92 Å². The first-order valence-corrected chi connectivity index (χ1v) is 7.51. The fourth-order valence-electron chi connectivity index (χ4n) is 2.55. The van der Waals surface area contributed by atoms with Gasteiger partial charge in [0, 0.05) is 18.8 Å². The van der Waals surface area contributed by atoms with Crippen molar-refractivity contribution in [2.24, 2.45) is 5.92 Å². The molecule has 0 aromatic heterocycles. The zero-order valence-electron chi connectivity index (χ0n) is 12.2. The Bertz CT molecular complexity index is 442. The van der Waals surface area contributed by atoms with Crippen LogP contribution < -0.4 is 10.2 Å². The van der Waals surface area contributed by atoms with E-state index in [1.807, 2.05) is 30.3 Å². The van der Waals surface area contributed by atoms with E-state index < -0.39 is 0 Å². The third-order valence-electron chi connectivity index (χ3n) is 3.80. The molecule has 1 N–H and O–H groups in total. The van der Waals surface area contributed by atoms with Crippen molar-refractivity contribution in [3.8, 4) is 0 Å². The molecule has 1 amide bonds. The van der Waals surface area contributed by atoms with E-state index in [4.69, 9.17) is 0 Å². The van der Waals surface area contributed by atoms with Gasteiger partial charge in [-0.1, -0.05) is 30.4 Å². The molecule has 3 heteroatoms. The summed E-state index contributed by atoms with van der Waals surface area (Å²) in [4.78, 5) is 14.2. The molecular weight excluding hydrogens is 248 g/mol. The van der Waals surface area contributed by atoms with Crippen LogP contribution in [0.25, 0.3) is 0 Å². The van der Waals surface area contributed by atoms with Crippen molar-refractivity contribution in [1.82, 2.24) is 5.32 Å². The number of carbonyl (C=O) groups is 1. The second-order valence-electron chi connectivity index (χ2n) is 5.30. The van der Waals surface area contributed by atoms with Crippen LogP contribution in [-0.4, -0.2) is 25.5 Å². The average molecular weight is 272 g/mol. The zero-order chi connectivity index (χ0) is 14.2. The van der Waals surface area contributed by atoms with Gasteiger partial charge in [-0.2, -0.15) is 0 Å². The van der Waals surface area contributed by atoms with Crippen LogP contribution in [0.3, 0.4) is 0 Å². The highest BCUT2D eigenvalue weighted by molar-refractivity contribution is 5.81. The Morgan fingerprint density at radius 3 is 2.75 bits per heavy atom. The van der Waals surface area contributed by atoms with Crippen molar-refractivity contribution in [2.75, 3.05) is 24.5 Å². The summed E-state index contributed by atoms with van der Waals surface area (Å²) >= 11 is 0. The number of rotatable bonds is 6. The highest BCUT2D eigenvalue weighted by atomic mass is 16.2. The van der Waals surface area contributed by atoms with Crippen LogP contribution in [0.15, 0.2) is 42.5 Å². The Kier molecular flexibility index (Phi) is 5.66. The van der Waals surface area contributed by atoms with Gasteiger partial charge in [-0.3, -0.25) is 4.79 Å². The average Bonchev–Trinajstić information content (AvgIpc) is 2.52. The summed E-state index contributed by atoms with van der Waals surface area (Å²) in [5.74, 6) is 0.723. The van der Waals surface area contributed by atoms with Crippen molar-refractivity contribution < 1.29 is 4.79 Å². The van der Waals surface area contributed by atoms with Gasteiger partial charge in [0.15, 0.2) is 0 Å². The number of likely N-dealkylation sites (N-methyl/N-ethyl adjacent to an activating group) is 1. The number of carbonyl (C=O) groups excluding carboxylic acids is 1. The zero-order valence-corrected chi connectivity index (χ0v) is 12.2. The van der Waals surface area contributed by atoms with Gasteiger partial charge >= 0.3 is 0 Å². The minimum atomic E-state index is 0.116. The van der Waals surface area contributed by atoms with E-state index in [0.29, 0.717) is 12.5 Å². The second-order valence-corrected chi connectivity index (χ2v) is 5.30. The lowest BCUT2D eigenvalue weighted by Crippen LogP contribution is -2.39. The molecule has 0 bridgehead atoms. The maximum Gasteiger partial charge on any atom is 0.239 e. The SMILES string of the molecule is CCN(CC(=O)NCC1CC=CCC1)c1ccccc1. The molecule has 2 rings (SSSR count). The van der Waals surface area contributed by atoms with E-state index in [1.165, 1.54) is 6.42 Å². The van der Waals surface area contributed by atoms with Gasteiger partial charge in [0.05, 0.1) is 6.54 Å². The van der Waals surface area contributed by atoms with Crippen molar-refractivity contribution >= 4 is 11.6 Å². The number of benzene rings is 1. The first-order chi connectivity index (χ1) is 9.79. The van der Waals surface area contributed by atoms with E-state index in [2.05, 4.69) is 29.3 Å². The Balaban J connectivity index is 1.79. The lowest BCUT2D eigenvalue weighted by atomic mass is 9.94. The molecule has 0 radical (unpaired) electrons. The smallest absolute Gasteiger partial charge is 0.239 e. The molecule has 1 aromatic carbocycles. The third kappa shape index (κ3) is 4.41. The van der Waals surface area contributed by atoms with Gasteiger partial charge in [-0.25, -0.2) is 0 Å². The predicted octanol–water partition coefficient (Wildman–Crippen LogP) is 2.99. The number of anilines is 1. The molecule has 0 fully saturated rings. The molecule has 0 aliphatic heterocycles. The molecule has 0 saturated carbocycles. The summed E-state index contributed by atoms with van der Waals surface area (Å²) < 4.78 is 0. The Labute approximate surface area is 121 Å². The highest BCUT2D eigenvalue weighted by Crippen LogP contribution is 2.17. The number of amides is 1. The number of hydrogen-bond acceptors (Lipinski definition) is 2. The summed E-state index contributed by atoms with van der Waals surface area (Å²) in [6.45, 7) is 4.15. The molecule has 0 heterocycles. The van der Waals surface area contributed by atoms with Gasteiger partial charge in [-0.05, 0) is 44.2 Å². The lowest BCUT2D eigenvalue weighted by molar-refractivity contribution is -0.120. The number of nitrogens with zero attached hydrogens (tertiary/aromatic N) is 1. The van der Waals surface area contributed by atoms with Crippen LogP contribution in [0.1, 0.15) is 26.2 Å². The lowest BCUT2D eigenvalue weighted by Gasteiger charge is -2.23. The normalized spacial score (nSPS) is 17.8. The van der Waals surface area contributed by atoms with Crippen molar-refractivity contribution in [1.29, 1.82) is 0 Å². The summed E-state index contributed by atoms with van der Waals surface area (Å²) in [5, 5.41) is 3.07. The van der Waals surface area contributed by atoms with Crippen LogP contribution in [-0.2, 0) is 4.79 Å². The molecule has 0 saturated heterocycles. The number of para-hydroxylation sites is 1. The molecular formula is C17H24N2O. The molecule has 20 heavy (non-hydrogen) atoms. The van der Waals surface area contributed by atoms with E-state index in [1.54, 1.807) is 0 Å². The van der Waals surface area contributed by atoms with Gasteiger partial charge in [0.1, 0.15) is 0 Å². The van der Waals surface area contributed by atoms with Crippen LogP contribution in [0.4, 0.5) is 5.69 Å². The number of allylic oxidation sites excluding steroid dienone is 2. The Morgan fingerprint density at radius 2 is 2.10 bits per heavy atom. The largest absolute Gasteiger partial charge is 0.363 e. The van der Waals surface area contributed by atoms with Crippen molar-refractivity contribution in [3.05, 3.63) is 42.5 Å². The van der Waals surface area contributed by atoms with Crippen molar-refractivity contribution in [3.63, 3.8) is 0 Å². The Hall–Kier alpha value is -1.77. The molecule has 1 aliphatic rings. The minimum absolute atomic E-state index is 0.116. The summed E-state index contributed by atoms with van der Waals surface area (Å²) in [7, 11) is 0. The standard InChI is InChI=1S/C17H24N2O/c1-2-19(16-11-7-4-8-12-16)14-17(20)18-13-15-9-5-3-6-10-15/h3-5,7-8,11-12,15H,2,6,9-10,13-14H2,1H3,(H,18,20). The molecule has 1 aromatic rings. The van der Waals surface area contributed by atoms with Gasteiger partial charge < -0.3 is 10.2 Å². The highest BCUT2D eigenvalue weighted by Gasteiger charge is 2.13. The van der Waals surface area contributed by atoms with E-state index in [9.17, 15) is 4.79 Å². The van der Waals surface area contributed by atoms with Crippen LogP contribution >= 0.6 is 0 Å². The predicted molar refractivity (Wildman–Crippen MR) is 83.8 cm³/mol. The van der Waals surface area contributed by atoms with Gasteiger partial charge in [0.2, 0.25) is 5.91 Å². The topological polar surface area (TPSA) is 32.3 Å². The molecule has 1 aliphatic carbocycles. The van der Waals surface area contributed by atoms with Crippen LogP contribution in [0.2, 0.25) is 0 Å². The van der Waals surface area contributed by atoms with Crippen molar-refractivity contribution in [2.45, 2.75) is 26.2 Å². The Morgan fingerprint density at radius 1 is 1.30 bits per heavy atom. The molecule has 1 atom stereocenters. The number of nitrogens with one attached hydrogen (secondary N) is 1. The molecule has 0 spiro atoms. The monoisotopic (exact) mass is 272 g/mol. The molecule has 3 nitrogen and oxygen atoms in total. The fourth-order valence-corrected chi connectivity index (χ4v) is 2.55. The van der Waals surface area contributed by atoms with Crippen LogP contribution in [0.5, 0.6) is 0 Å². The van der Waals surface area contributed by atoms with Gasteiger partial charge in [0.25, 0.3) is 0 Å². The second kappa shape index (κ2) is 7.73. The summed E-state index contributed by atoms with van der Waals surface area (Å²) in [5.41, 5.74) is 1.10.